The van der Waals surface area contributed by atoms with Crippen LogP contribution in [0.2, 0.25) is 0 Å². The maximum absolute atomic E-state index is 11.3. The van der Waals surface area contributed by atoms with Crippen molar-refractivity contribution in [3.63, 3.8) is 0 Å². The van der Waals surface area contributed by atoms with Crippen LogP contribution in [0.1, 0.15) is 20.3 Å². The van der Waals surface area contributed by atoms with E-state index < -0.39 is 18.0 Å². The number of ether oxygens (including phenoxy) is 1. The summed E-state index contributed by atoms with van der Waals surface area (Å²) in [7, 11) is 1.38. The molecule has 2 atom stereocenters. The standard InChI is InChI=1S/C9H18N2O4/c1-4-6(2)10-9(14)11-7(5-15-3)8(12)13/h6-7H,4-5H2,1-3H3,(H,12,13)(H2,10,11,14). The number of urea groups is 1. The molecule has 0 spiro atoms. The summed E-state index contributed by atoms with van der Waals surface area (Å²) in [6.07, 6.45) is 0.787. The van der Waals surface area contributed by atoms with E-state index in [1.54, 1.807) is 0 Å². The molecule has 15 heavy (non-hydrogen) atoms. The molecule has 0 aliphatic heterocycles. The molecule has 0 aliphatic rings. The van der Waals surface area contributed by atoms with E-state index in [1.807, 2.05) is 13.8 Å². The summed E-state index contributed by atoms with van der Waals surface area (Å²) in [5.74, 6) is -1.11. The zero-order valence-electron chi connectivity index (χ0n) is 9.24. The van der Waals surface area contributed by atoms with Crippen LogP contribution in [0.15, 0.2) is 0 Å². The lowest BCUT2D eigenvalue weighted by molar-refractivity contribution is -0.140. The third kappa shape index (κ3) is 5.90. The van der Waals surface area contributed by atoms with Gasteiger partial charge in [-0.3, -0.25) is 0 Å². The minimum absolute atomic E-state index is 0.0157. The van der Waals surface area contributed by atoms with Gasteiger partial charge in [-0.15, -0.1) is 0 Å². The largest absolute Gasteiger partial charge is 0.480 e. The second-order valence-corrected chi connectivity index (χ2v) is 3.27. The number of carboxylic acids is 1. The van der Waals surface area contributed by atoms with Crippen molar-refractivity contribution >= 4 is 12.0 Å². The third-order valence-electron chi connectivity index (χ3n) is 1.93. The predicted molar refractivity (Wildman–Crippen MR) is 54.7 cm³/mol. The SMILES string of the molecule is CCC(C)NC(=O)NC(COC)C(=O)O. The number of carbonyl (C=O) groups excluding carboxylic acids is 1. The summed E-state index contributed by atoms with van der Waals surface area (Å²) in [5.41, 5.74) is 0. The molecule has 3 N–H and O–H groups in total. The van der Waals surface area contributed by atoms with Crippen molar-refractivity contribution in [3.05, 3.63) is 0 Å². The van der Waals surface area contributed by atoms with Crippen molar-refractivity contribution in [2.24, 2.45) is 0 Å². The maximum atomic E-state index is 11.3. The highest BCUT2D eigenvalue weighted by molar-refractivity contribution is 5.82. The number of aliphatic carboxylic acids is 1. The zero-order chi connectivity index (χ0) is 11.8. The minimum atomic E-state index is -1.11. The first-order valence-corrected chi connectivity index (χ1v) is 4.80. The Balaban J connectivity index is 4.05. The van der Waals surface area contributed by atoms with Crippen LogP contribution >= 0.6 is 0 Å². The molecule has 0 saturated carbocycles. The zero-order valence-corrected chi connectivity index (χ0v) is 9.24. The lowest BCUT2D eigenvalue weighted by Gasteiger charge is -2.16. The van der Waals surface area contributed by atoms with Crippen LogP contribution < -0.4 is 10.6 Å². The molecule has 0 aromatic heterocycles. The van der Waals surface area contributed by atoms with Gasteiger partial charge in [0.25, 0.3) is 0 Å². The molecule has 0 rings (SSSR count). The van der Waals surface area contributed by atoms with E-state index in [-0.39, 0.29) is 12.6 Å². The Labute approximate surface area is 89.0 Å². The van der Waals surface area contributed by atoms with Crippen LogP contribution in [0.3, 0.4) is 0 Å². The third-order valence-corrected chi connectivity index (χ3v) is 1.93. The Bertz CT molecular complexity index is 220. The number of carbonyl (C=O) groups is 2. The van der Waals surface area contributed by atoms with Crippen LogP contribution in [0.5, 0.6) is 0 Å². The fourth-order valence-corrected chi connectivity index (χ4v) is 0.867. The number of hydrogen-bond acceptors (Lipinski definition) is 3. The molecule has 0 fully saturated rings. The summed E-state index contributed by atoms with van der Waals surface area (Å²) >= 11 is 0. The Kier molecular flexibility index (Phi) is 6.44. The van der Waals surface area contributed by atoms with Gasteiger partial charge in [0.15, 0.2) is 6.04 Å². The fourth-order valence-electron chi connectivity index (χ4n) is 0.867. The molecule has 0 heterocycles. The minimum Gasteiger partial charge on any atom is -0.480 e. The number of amides is 2. The van der Waals surface area contributed by atoms with Crippen molar-refractivity contribution in [1.29, 1.82) is 0 Å². The van der Waals surface area contributed by atoms with Crippen molar-refractivity contribution in [1.82, 2.24) is 10.6 Å². The molecule has 88 valence electrons. The molecular weight excluding hydrogens is 200 g/mol. The average molecular weight is 218 g/mol. The quantitative estimate of drug-likeness (QED) is 0.593. The molecule has 0 aromatic rings. The van der Waals surface area contributed by atoms with E-state index >= 15 is 0 Å². The van der Waals surface area contributed by atoms with Gasteiger partial charge in [0, 0.05) is 13.2 Å². The summed E-state index contributed by atoms with van der Waals surface area (Å²) in [5, 5.41) is 13.6. The second-order valence-electron chi connectivity index (χ2n) is 3.27. The van der Waals surface area contributed by atoms with Gasteiger partial charge < -0.3 is 20.5 Å². The Morgan fingerprint density at radius 2 is 2.00 bits per heavy atom. The first kappa shape index (κ1) is 13.7. The summed E-state index contributed by atoms with van der Waals surface area (Å²) in [6, 6.07) is -1.49. The monoisotopic (exact) mass is 218 g/mol. The van der Waals surface area contributed by atoms with Gasteiger partial charge in [-0.25, -0.2) is 9.59 Å². The van der Waals surface area contributed by atoms with E-state index in [4.69, 9.17) is 5.11 Å². The Morgan fingerprint density at radius 3 is 2.40 bits per heavy atom. The van der Waals surface area contributed by atoms with Crippen LogP contribution in [0, 0.1) is 0 Å². The lowest BCUT2D eigenvalue weighted by Crippen LogP contribution is -2.50. The molecule has 0 bridgehead atoms. The molecule has 0 aliphatic carbocycles. The molecule has 0 saturated heterocycles. The molecule has 0 radical (unpaired) electrons. The van der Waals surface area contributed by atoms with Gasteiger partial charge in [0.2, 0.25) is 0 Å². The number of hydrogen-bond donors (Lipinski definition) is 3. The van der Waals surface area contributed by atoms with Crippen LogP contribution in [-0.4, -0.2) is 42.9 Å². The van der Waals surface area contributed by atoms with E-state index in [0.717, 1.165) is 6.42 Å². The predicted octanol–water partition coefficient (Wildman–Crippen LogP) is 0.184. The molecule has 2 unspecified atom stereocenters. The van der Waals surface area contributed by atoms with E-state index in [0.29, 0.717) is 0 Å². The highest BCUT2D eigenvalue weighted by Gasteiger charge is 2.19. The van der Waals surface area contributed by atoms with Crippen molar-refractivity contribution in [2.45, 2.75) is 32.4 Å². The van der Waals surface area contributed by atoms with Gasteiger partial charge in [-0.05, 0) is 13.3 Å². The van der Waals surface area contributed by atoms with Crippen molar-refractivity contribution in [2.75, 3.05) is 13.7 Å². The fraction of sp³-hybridized carbons (Fsp3) is 0.778. The molecule has 0 aromatic carbocycles. The van der Waals surface area contributed by atoms with Gasteiger partial charge in [0.1, 0.15) is 0 Å². The summed E-state index contributed by atoms with van der Waals surface area (Å²) < 4.78 is 4.67. The summed E-state index contributed by atoms with van der Waals surface area (Å²) in [6.45, 7) is 3.71. The first-order valence-electron chi connectivity index (χ1n) is 4.80. The van der Waals surface area contributed by atoms with Crippen molar-refractivity contribution in [3.8, 4) is 0 Å². The highest BCUT2D eigenvalue weighted by atomic mass is 16.5. The molecule has 2 amide bonds. The summed E-state index contributed by atoms with van der Waals surface area (Å²) in [4.78, 5) is 21.9. The first-order chi connectivity index (χ1) is 7.01. The number of nitrogens with one attached hydrogen (secondary N) is 2. The lowest BCUT2D eigenvalue weighted by atomic mass is 10.2. The topological polar surface area (TPSA) is 87.7 Å². The van der Waals surface area contributed by atoms with E-state index in [9.17, 15) is 9.59 Å². The Hall–Kier alpha value is -1.30. The van der Waals surface area contributed by atoms with Crippen LogP contribution in [0.25, 0.3) is 0 Å². The molecular formula is C9H18N2O4. The van der Waals surface area contributed by atoms with Gasteiger partial charge in [0.05, 0.1) is 6.61 Å². The van der Waals surface area contributed by atoms with Crippen LogP contribution in [0.4, 0.5) is 4.79 Å². The van der Waals surface area contributed by atoms with Crippen molar-refractivity contribution < 1.29 is 19.4 Å². The van der Waals surface area contributed by atoms with Crippen LogP contribution in [-0.2, 0) is 9.53 Å². The van der Waals surface area contributed by atoms with Gasteiger partial charge in [-0.2, -0.15) is 0 Å². The average Bonchev–Trinajstić information content (AvgIpc) is 2.16. The Morgan fingerprint density at radius 1 is 1.40 bits per heavy atom. The number of carboxylic acid groups (broad SMARTS) is 1. The maximum Gasteiger partial charge on any atom is 0.328 e. The van der Waals surface area contributed by atoms with E-state index in [2.05, 4.69) is 15.4 Å². The normalized spacial score (nSPS) is 14.1. The van der Waals surface area contributed by atoms with Gasteiger partial charge in [-0.1, -0.05) is 6.92 Å². The molecule has 6 heteroatoms. The smallest absolute Gasteiger partial charge is 0.328 e. The number of rotatable bonds is 6. The van der Waals surface area contributed by atoms with E-state index in [1.165, 1.54) is 7.11 Å². The second kappa shape index (κ2) is 7.05. The molecule has 6 nitrogen and oxygen atoms in total. The van der Waals surface area contributed by atoms with Gasteiger partial charge >= 0.3 is 12.0 Å². The highest BCUT2D eigenvalue weighted by Crippen LogP contribution is 1.89. The number of methoxy groups -OCH3 is 1.